The quantitative estimate of drug-likeness (QED) is 0.527. The Morgan fingerprint density at radius 3 is 2.67 bits per heavy atom. The molecule has 4 aliphatic heterocycles. The molecule has 9 heteroatoms. The average molecular weight is 454 g/mol. The largest absolute Gasteiger partial charge is 0.497 e. The zero-order chi connectivity index (χ0) is 23.2. The van der Waals surface area contributed by atoms with Gasteiger partial charge in [-0.3, -0.25) is 14.4 Å². The van der Waals surface area contributed by atoms with Gasteiger partial charge in [0, 0.05) is 18.8 Å². The minimum atomic E-state index is -1.33. The number of esters is 1. The summed E-state index contributed by atoms with van der Waals surface area (Å²) in [7, 11) is 1.57. The molecule has 1 spiro atoms. The molecular weight excluding hydrogens is 428 g/mol. The predicted octanol–water partition coefficient (Wildman–Crippen LogP) is 0.674. The molecule has 0 radical (unpaired) electrons. The van der Waals surface area contributed by atoms with E-state index in [4.69, 9.17) is 14.2 Å². The lowest BCUT2D eigenvalue weighted by atomic mass is 9.77. The number of aliphatic hydroxyl groups excluding tert-OH is 1. The summed E-state index contributed by atoms with van der Waals surface area (Å²) in [6.07, 6.45) is 7.12. The zero-order valence-corrected chi connectivity index (χ0v) is 18.3. The number of benzene rings is 1. The fraction of sp³-hybridized carbons (Fsp3) is 0.458. The van der Waals surface area contributed by atoms with Crippen molar-refractivity contribution < 1.29 is 33.7 Å². The lowest BCUT2D eigenvalue weighted by Crippen LogP contribution is -2.55. The summed E-state index contributed by atoms with van der Waals surface area (Å²) in [5.41, 5.74) is -0.682. The highest BCUT2D eigenvalue weighted by Crippen LogP contribution is 2.53. The van der Waals surface area contributed by atoms with Crippen LogP contribution < -0.4 is 9.64 Å². The Hall–Kier alpha value is -3.17. The first kappa shape index (κ1) is 21.7. The number of aliphatic hydroxyl groups is 1. The molecule has 1 N–H and O–H groups in total. The monoisotopic (exact) mass is 454 g/mol. The molecule has 1 aromatic carbocycles. The number of cyclic esters (lactones) is 1. The predicted molar refractivity (Wildman–Crippen MR) is 116 cm³/mol. The molecule has 1 unspecified atom stereocenters. The van der Waals surface area contributed by atoms with E-state index in [2.05, 4.69) is 0 Å². The van der Waals surface area contributed by atoms with Gasteiger partial charge in [-0.15, -0.1) is 0 Å². The maximum atomic E-state index is 13.9. The molecule has 0 aromatic heterocycles. The molecule has 5 atom stereocenters. The molecule has 1 aromatic rings. The summed E-state index contributed by atoms with van der Waals surface area (Å²) >= 11 is 0. The van der Waals surface area contributed by atoms with Gasteiger partial charge < -0.3 is 29.1 Å². The summed E-state index contributed by atoms with van der Waals surface area (Å²) < 4.78 is 17.0. The van der Waals surface area contributed by atoms with Crippen molar-refractivity contribution in [1.29, 1.82) is 0 Å². The van der Waals surface area contributed by atoms with Crippen molar-refractivity contribution in [1.82, 2.24) is 4.90 Å². The first-order valence-electron chi connectivity index (χ1n) is 11.1. The Morgan fingerprint density at radius 2 is 1.94 bits per heavy atom. The van der Waals surface area contributed by atoms with Gasteiger partial charge in [-0.1, -0.05) is 24.3 Å². The second-order valence-corrected chi connectivity index (χ2v) is 8.53. The van der Waals surface area contributed by atoms with Crippen LogP contribution in [0.1, 0.15) is 6.42 Å². The van der Waals surface area contributed by atoms with Crippen molar-refractivity contribution in [3.8, 4) is 5.75 Å². The van der Waals surface area contributed by atoms with Crippen LogP contribution in [-0.4, -0.2) is 79.0 Å². The standard InChI is InChI=1S/C24H26N2O7/c1-31-16-8-6-15(7-9-16)25-11-4-10-24-19(21(28)26(12-13-27)20(24)22(25)29)18-17(33-24)5-2-3-14-32-23(18)30/h2,4-10,17-20,27H,3,11-14H2,1H3/t17-,18+,19-,20?,24-/m0/s1. The van der Waals surface area contributed by atoms with Crippen LogP contribution in [0.4, 0.5) is 5.69 Å². The number of methoxy groups -OCH3 is 1. The highest BCUT2D eigenvalue weighted by Gasteiger charge is 2.71. The Morgan fingerprint density at radius 1 is 1.15 bits per heavy atom. The Kier molecular flexibility index (Phi) is 5.46. The summed E-state index contributed by atoms with van der Waals surface area (Å²) in [5, 5.41) is 9.67. The van der Waals surface area contributed by atoms with Crippen LogP contribution in [0.5, 0.6) is 5.75 Å². The van der Waals surface area contributed by atoms with Gasteiger partial charge in [-0.2, -0.15) is 0 Å². The van der Waals surface area contributed by atoms with Crippen LogP contribution in [0.2, 0.25) is 0 Å². The highest BCUT2D eigenvalue weighted by atomic mass is 16.6. The maximum Gasteiger partial charge on any atom is 0.312 e. The molecule has 174 valence electrons. The number of likely N-dealkylation sites (tertiary alicyclic amines) is 1. The summed E-state index contributed by atoms with van der Waals surface area (Å²) in [6.45, 7) is 0.152. The number of hydrogen-bond acceptors (Lipinski definition) is 7. The first-order chi connectivity index (χ1) is 16.0. The molecule has 9 nitrogen and oxygen atoms in total. The zero-order valence-electron chi connectivity index (χ0n) is 18.3. The van der Waals surface area contributed by atoms with Gasteiger partial charge in [0.15, 0.2) is 0 Å². The van der Waals surface area contributed by atoms with Crippen molar-refractivity contribution in [2.24, 2.45) is 11.8 Å². The molecule has 4 heterocycles. The molecule has 2 saturated heterocycles. The molecule has 2 fully saturated rings. The molecule has 0 aliphatic carbocycles. The van der Waals surface area contributed by atoms with Crippen molar-refractivity contribution in [3.05, 3.63) is 48.6 Å². The molecule has 33 heavy (non-hydrogen) atoms. The first-order valence-corrected chi connectivity index (χ1v) is 11.1. The molecule has 2 amide bonds. The number of hydrogen-bond donors (Lipinski definition) is 1. The Labute approximate surface area is 191 Å². The number of anilines is 1. The van der Waals surface area contributed by atoms with Crippen molar-refractivity contribution in [2.45, 2.75) is 24.2 Å². The van der Waals surface area contributed by atoms with Crippen molar-refractivity contribution >= 4 is 23.5 Å². The van der Waals surface area contributed by atoms with Crippen LogP contribution in [0.15, 0.2) is 48.6 Å². The third kappa shape index (κ3) is 3.26. The van der Waals surface area contributed by atoms with Gasteiger partial charge >= 0.3 is 5.97 Å². The second kappa shape index (κ2) is 8.31. The van der Waals surface area contributed by atoms with Gasteiger partial charge in [0.1, 0.15) is 23.3 Å². The van der Waals surface area contributed by atoms with Gasteiger partial charge in [0.2, 0.25) is 5.91 Å². The molecule has 4 aliphatic rings. The smallest absolute Gasteiger partial charge is 0.312 e. The van der Waals surface area contributed by atoms with Crippen molar-refractivity contribution in [3.63, 3.8) is 0 Å². The summed E-state index contributed by atoms with van der Waals surface area (Å²) in [5.74, 6) is -2.33. The van der Waals surface area contributed by atoms with Crippen LogP contribution in [0, 0.1) is 11.8 Å². The number of carbonyl (C=O) groups is 3. The van der Waals surface area contributed by atoms with E-state index < -0.39 is 35.6 Å². The van der Waals surface area contributed by atoms with E-state index in [-0.39, 0.29) is 38.1 Å². The summed E-state index contributed by atoms with van der Waals surface area (Å²) in [4.78, 5) is 43.4. The summed E-state index contributed by atoms with van der Waals surface area (Å²) in [6, 6.07) is 6.05. The number of ether oxygens (including phenoxy) is 3. The molecular formula is C24H26N2O7. The minimum Gasteiger partial charge on any atom is -0.497 e. The van der Waals surface area contributed by atoms with E-state index in [1.807, 2.05) is 6.08 Å². The van der Waals surface area contributed by atoms with E-state index in [0.29, 0.717) is 17.9 Å². The lowest BCUT2D eigenvalue weighted by molar-refractivity contribution is -0.154. The van der Waals surface area contributed by atoms with Gasteiger partial charge in [-0.05, 0) is 30.7 Å². The molecule has 5 rings (SSSR count). The molecule has 0 saturated carbocycles. The topological polar surface area (TPSA) is 106 Å². The van der Waals surface area contributed by atoms with E-state index >= 15 is 0 Å². The number of fused-ring (bicyclic) bond motifs is 2. The minimum absolute atomic E-state index is 0.0383. The lowest BCUT2D eigenvalue weighted by Gasteiger charge is -2.35. The number of carbonyl (C=O) groups excluding carboxylic acids is 3. The van der Waals surface area contributed by atoms with Gasteiger partial charge in [-0.25, -0.2) is 0 Å². The third-order valence-corrected chi connectivity index (χ3v) is 6.85. The number of rotatable bonds is 4. The normalized spacial score (nSPS) is 33.1. The number of amides is 2. The van der Waals surface area contributed by atoms with E-state index in [1.165, 1.54) is 4.90 Å². The third-order valence-electron chi connectivity index (χ3n) is 6.85. The van der Waals surface area contributed by atoms with E-state index in [9.17, 15) is 19.5 Å². The van der Waals surface area contributed by atoms with Gasteiger partial charge in [0.05, 0.1) is 32.3 Å². The fourth-order valence-corrected chi connectivity index (χ4v) is 5.45. The van der Waals surface area contributed by atoms with Crippen LogP contribution in [-0.2, 0) is 23.9 Å². The van der Waals surface area contributed by atoms with Crippen molar-refractivity contribution in [2.75, 3.05) is 38.3 Å². The van der Waals surface area contributed by atoms with Crippen LogP contribution >= 0.6 is 0 Å². The SMILES string of the molecule is COc1ccc(N2CC=C[C@]34O[C@H]5C=CCCOC(=O)[C@H]5[C@H]3C(=O)N(CCO)C4C2=O)cc1. The van der Waals surface area contributed by atoms with E-state index in [1.54, 1.807) is 54.5 Å². The van der Waals surface area contributed by atoms with Gasteiger partial charge in [0.25, 0.3) is 5.91 Å². The van der Waals surface area contributed by atoms with Crippen LogP contribution in [0.25, 0.3) is 0 Å². The Bertz CT molecular complexity index is 1020. The molecule has 0 bridgehead atoms. The highest BCUT2D eigenvalue weighted by molar-refractivity contribution is 6.05. The maximum absolute atomic E-state index is 13.9. The number of β-amino-alcohol motifs (C(OH)–C–C–N with tert-alkyl or cyclic N) is 1. The van der Waals surface area contributed by atoms with Crippen LogP contribution in [0.3, 0.4) is 0 Å². The Balaban J connectivity index is 1.59. The van der Waals surface area contributed by atoms with E-state index in [0.717, 1.165) is 0 Å². The number of nitrogens with zero attached hydrogens (tertiary/aromatic N) is 2. The fourth-order valence-electron chi connectivity index (χ4n) is 5.45. The second-order valence-electron chi connectivity index (χ2n) is 8.53. The average Bonchev–Trinajstić information content (AvgIpc) is 3.18.